The van der Waals surface area contributed by atoms with Gasteiger partial charge in [0.25, 0.3) is 0 Å². The highest BCUT2D eigenvalue weighted by atomic mass is 32.1. The van der Waals surface area contributed by atoms with E-state index in [-0.39, 0.29) is 5.60 Å². The third-order valence-corrected chi connectivity index (χ3v) is 2.64. The van der Waals surface area contributed by atoms with Crippen LogP contribution in [0.4, 0.5) is 0 Å². The molecule has 58 valence electrons. The highest BCUT2D eigenvalue weighted by Crippen LogP contribution is 2.35. The van der Waals surface area contributed by atoms with Crippen LogP contribution >= 0.6 is 12.6 Å². The molecule has 0 saturated carbocycles. The summed E-state index contributed by atoms with van der Waals surface area (Å²) in [6.07, 6.45) is 1.14. The van der Waals surface area contributed by atoms with Gasteiger partial charge >= 0.3 is 0 Å². The quantitative estimate of drug-likeness (QED) is 0.513. The van der Waals surface area contributed by atoms with Gasteiger partial charge in [0.05, 0.1) is 12.2 Å². The molecule has 10 heavy (non-hydrogen) atoms. The Balaban J connectivity index is 1.95. The molecule has 0 radical (unpaired) electrons. The zero-order chi connectivity index (χ0) is 7.19. The molecule has 1 atom stereocenters. The van der Waals surface area contributed by atoms with Crippen molar-refractivity contribution in [3.05, 3.63) is 0 Å². The number of ether oxygens (including phenoxy) is 1. The van der Waals surface area contributed by atoms with Crippen LogP contribution in [0.1, 0.15) is 6.42 Å². The second-order valence-corrected chi connectivity index (χ2v) is 4.25. The molecule has 2 aliphatic rings. The third-order valence-electron chi connectivity index (χ3n) is 2.31. The maximum Gasteiger partial charge on any atom is 0.0946 e. The molecule has 2 heterocycles. The Bertz CT molecular complexity index is 139. The van der Waals surface area contributed by atoms with E-state index in [2.05, 4.69) is 24.6 Å². The van der Waals surface area contributed by atoms with E-state index >= 15 is 0 Å². The van der Waals surface area contributed by atoms with Crippen molar-refractivity contribution in [3.63, 3.8) is 0 Å². The van der Waals surface area contributed by atoms with Gasteiger partial charge in [-0.05, 0) is 13.5 Å². The standard InChI is InChI=1S/C7H13NOS/c1-8-4-7(5-8)2-6(10)3-9-7/h6,10H,2-5H2,1H3. The van der Waals surface area contributed by atoms with Gasteiger partial charge in [0.1, 0.15) is 0 Å². The predicted molar refractivity (Wildman–Crippen MR) is 43.6 cm³/mol. The number of hydrogen-bond acceptors (Lipinski definition) is 3. The van der Waals surface area contributed by atoms with E-state index in [9.17, 15) is 0 Å². The molecule has 0 aliphatic carbocycles. The molecule has 0 bridgehead atoms. The van der Waals surface area contributed by atoms with Gasteiger partial charge in [-0.3, -0.25) is 0 Å². The Morgan fingerprint density at radius 3 is 2.70 bits per heavy atom. The molecule has 0 aromatic heterocycles. The maximum absolute atomic E-state index is 5.64. The zero-order valence-electron chi connectivity index (χ0n) is 6.21. The van der Waals surface area contributed by atoms with Crippen LogP contribution in [0.25, 0.3) is 0 Å². The van der Waals surface area contributed by atoms with E-state index in [0.29, 0.717) is 5.25 Å². The Morgan fingerprint density at radius 1 is 1.60 bits per heavy atom. The summed E-state index contributed by atoms with van der Waals surface area (Å²) in [6.45, 7) is 3.05. The van der Waals surface area contributed by atoms with Crippen molar-refractivity contribution in [2.45, 2.75) is 17.3 Å². The monoisotopic (exact) mass is 159 g/mol. The summed E-state index contributed by atoms with van der Waals surface area (Å²) in [4.78, 5) is 2.28. The van der Waals surface area contributed by atoms with E-state index in [1.807, 2.05) is 0 Å². The van der Waals surface area contributed by atoms with E-state index in [4.69, 9.17) is 4.74 Å². The first-order chi connectivity index (χ1) is 4.70. The number of rotatable bonds is 0. The second-order valence-electron chi connectivity index (χ2n) is 3.52. The number of nitrogens with zero attached hydrogens (tertiary/aromatic N) is 1. The fourth-order valence-corrected chi connectivity index (χ4v) is 2.39. The molecule has 0 aromatic rings. The van der Waals surface area contributed by atoms with Gasteiger partial charge in [-0.2, -0.15) is 12.6 Å². The zero-order valence-corrected chi connectivity index (χ0v) is 7.10. The van der Waals surface area contributed by atoms with Crippen molar-refractivity contribution in [1.29, 1.82) is 0 Å². The van der Waals surface area contributed by atoms with Crippen LogP contribution in [-0.4, -0.2) is 42.5 Å². The largest absolute Gasteiger partial charge is 0.371 e. The van der Waals surface area contributed by atoms with Crippen LogP contribution in [0, 0.1) is 0 Å². The minimum Gasteiger partial charge on any atom is -0.371 e. The third kappa shape index (κ3) is 0.966. The van der Waals surface area contributed by atoms with Gasteiger partial charge in [-0.1, -0.05) is 0 Å². The molecule has 0 N–H and O–H groups in total. The summed E-state index contributed by atoms with van der Waals surface area (Å²) in [7, 11) is 2.13. The average Bonchev–Trinajstić information content (AvgIpc) is 2.10. The molecule has 0 aromatic carbocycles. The summed E-state index contributed by atoms with van der Waals surface area (Å²) < 4.78 is 5.64. The van der Waals surface area contributed by atoms with Crippen LogP contribution in [-0.2, 0) is 4.74 Å². The van der Waals surface area contributed by atoms with E-state index in [1.54, 1.807) is 0 Å². The van der Waals surface area contributed by atoms with Gasteiger partial charge in [0.15, 0.2) is 0 Å². The summed E-state index contributed by atoms with van der Waals surface area (Å²) in [6, 6.07) is 0. The van der Waals surface area contributed by atoms with E-state index < -0.39 is 0 Å². The number of hydrogen-bond donors (Lipinski definition) is 1. The highest BCUT2D eigenvalue weighted by Gasteiger charge is 2.47. The number of likely N-dealkylation sites (tertiary alicyclic amines) is 1. The molecule has 2 fully saturated rings. The molecule has 2 nitrogen and oxygen atoms in total. The average molecular weight is 159 g/mol. The number of thiol groups is 1. The van der Waals surface area contributed by atoms with Crippen molar-refractivity contribution < 1.29 is 4.74 Å². The van der Waals surface area contributed by atoms with Gasteiger partial charge in [0, 0.05) is 18.3 Å². The lowest BCUT2D eigenvalue weighted by Crippen LogP contribution is -2.59. The van der Waals surface area contributed by atoms with Crippen molar-refractivity contribution in [2.24, 2.45) is 0 Å². The number of likely N-dealkylation sites (N-methyl/N-ethyl adjacent to an activating group) is 1. The van der Waals surface area contributed by atoms with Crippen molar-refractivity contribution >= 4 is 12.6 Å². The van der Waals surface area contributed by atoms with Crippen LogP contribution in [0.3, 0.4) is 0 Å². The lowest BCUT2D eigenvalue weighted by atomic mass is 9.92. The SMILES string of the molecule is CN1CC2(CC(S)CO2)C1. The fraction of sp³-hybridized carbons (Fsp3) is 1.00. The van der Waals surface area contributed by atoms with Crippen LogP contribution < -0.4 is 0 Å². The van der Waals surface area contributed by atoms with E-state index in [0.717, 1.165) is 26.1 Å². The maximum atomic E-state index is 5.64. The molecule has 1 spiro atoms. The summed E-state index contributed by atoms with van der Waals surface area (Å²) >= 11 is 4.38. The molecule has 2 saturated heterocycles. The molecule has 0 amide bonds. The fourth-order valence-electron chi connectivity index (χ4n) is 1.98. The van der Waals surface area contributed by atoms with Crippen molar-refractivity contribution in [1.82, 2.24) is 4.90 Å². The first kappa shape index (κ1) is 6.95. The molecular formula is C7H13NOS. The molecule has 1 unspecified atom stereocenters. The van der Waals surface area contributed by atoms with E-state index in [1.165, 1.54) is 0 Å². The first-order valence-corrected chi connectivity index (χ1v) is 4.22. The Kier molecular flexibility index (Phi) is 1.48. The molecule has 2 aliphatic heterocycles. The smallest absolute Gasteiger partial charge is 0.0946 e. The lowest BCUT2D eigenvalue weighted by molar-refractivity contribution is -0.100. The summed E-state index contributed by atoms with van der Waals surface area (Å²) in [5.74, 6) is 0. The van der Waals surface area contributed by atoms with Gasteiger partial charge in [-0.25, -0.2) is 0 Å². The highest BCUT2D eigenvalue weighted by molar-refractivity contribution is 7.81. The Morgan fingerprint density at radius 2 is 2.30 bits per heavy atom. The first-order valence-electron chi connectivity index (χ1n) is 3.71. The summed E-state index contributed by atoms with van der Waals surface area (Å²) in [5.41, 5.74) is 0.209. The van der Waals surface area contributed by atoms with Gasteiger partial charge in [0.2, 0.25) is 0 Å². The minimum atomic E-state index is 0.209. The van der Waals surface area contributed by atoms with Gasteiger partial charge < -0.3 is 9.64 Å². The van der Waals surface area contributed by atoms with Crippen molar-refractivity contribution in [2.75, 3.05) is 26.7 Å². The molecule has 2 rings (SSSR count). The molecule has 3 heteroatoms. The second kappa shape index (κ2) is 2.13. The predicted octanol–water partition coefficient (Wildman–Crippen LogP) is 0.389. The topological polar surface area (TPSA) is 12.5 Å². The van der Waals surface area contributed by atoms with Crippen LogP contribution in [0.5, 0.6) is 0 Å². The Hall–Kier alpha value is 0.270. The van der Waals surface area contributed by atoms with Crippen LogP contribution in [0.2, 0.25) is 0 Å². The minimum absolute atomic E-state index is 0.209. The lowest BCUT2D eigenvalue weighted by Gasteiger charge is -2.45. The van der Waals surface area contributed by atoms with Gasteiger partial charge in [-0.15, -0.1) is 0 Å². The van der Waals surface area contributed by atoms with Crippen molar-refractivity contribution in [3.8, 4) is 0 Å². The summed E-state index contributed by atoms with van der Waals surface area (Å²) in [5, 5.41) is 0.480. The molecular weight excluding hydrogens is 146 g/mol. The normalized spacial score (nSPS) is 38.4. The Labute approximate surface area is 66.9 Å². The van der Waals surface area contributed by atoms with Crippen LogP contribution in [0.15, 0.2) is 0 Å².